The van der Waals surface area contributed by atoms with Crippen LogP contribution in [-0.2, 0) is 19.0 Å². The van der Waals surface area contributed by atoms with Crippen molar-refractivity contribution in [3.05, 3.63) is 34.5 Å². The van der Waals surface area contributed by atoms with Crippen LogP contribution in [0.4, 0.5) is 0 Å². The molecule has 0 amide bonds. The zero-order valence-electron chi connectivity index (χ0n) is 14.0. The normalized spacial score (nSPS) is 11.9. The molecule has 0 unspecified atom stereocenters. The number of rotatable bonds is 6. The maximum Gasteiger partial charge on any atom is 0.191 e. The van der Waals surface area contributed by atoms with Crippen LogP contribution in [0, 0.1) is 0 Å². The molecule has 2 N–H and O–H groups in total. The van der Waals surface area contributed by atoms with Crippen LogP contribution in [0.1, 0.15) is 31.5 Å². The molecular formula is C15H25IN6S. The predicted molar refractivity (Wildman–Crippen MR) is 107 cm³/mol. The summed E-state index contributed by atoms with van der Waals surface area (Å²) in [6.45, 7) is 8.67. The van der Waals surface area contributed by atoms with Crippen molar-refractivity contribution in [3.8, 4) is 0 Å². The molecule has 0 aliphatic carbocycles. The highest BCUT2D eigenvalue weighted by molar-refractivity contribution is 14.0. The number of aryl methyl sites for hydroxylation is 1. The third-order valence-electron chi connectivity index (χ3n) is 3.41. The average Bonchev–Trinajstić information content (AvgIpc) is 3.14. The first kappa shape index (κ1) is 19.9. The average molecular weight is 448 g/mol. The highest BCUT2D eigenvalue weighted by Crippen LogP contribution is 2.26. The van der Waals surface area contributed by atoms with Crippen molar-refractivity contribution >= 4 is 41.3 Å². The molecule has 0 aromatic carbocycles. The summed E-state index contributed by atoms with van der Waals surface area (Å²) in [5, 5.41) is 16.7. The number of hydrogen-bond donors (Lipinski definition) is 2. The molecule has 128 valence electrons. The van der Waals surface area contributed by atoms with Gasteiger partial charge in [0, 0.05) is 30.4 Å². The van der Waals surface area contributed by atoms with Crippen molar-refractivity contribution in [2.75, 3.05) is 13.1 Å². The number of nitrogens with zero attached hydrogens (tertiary/aromatic N) is 4. The van der Waals surface area contributed by atoms with Gasteiger partial charge in [-0.25, -0.2) is 4.99 Å². The van der Waals surface area contributed by atoms with Gasteiger partial charge in [-0.05, 0) is 18.4 Å². The van der Waals surface area contributed by atoms with Gasteiger partial charge >= 0.3 is 0 Å². The minimum atomic E-state index is 0. The lowest BCUT2D eigenvalue weighted by atomic mass is 9.91. The third kappa shape index (κ3) is 5.76. The fourth-order valence-electron chi connectivity index (χ4n) is 2.00. The van der Waals surface area contributed by atoms with E-state index in [0.29, 0.717) is 6.54 Å². The first-order valence-corrected chi connectivity index (χ1v) is 8.30. The molecule has 0 spiro atoms. The van der Waals surface area contributed by atoms with E-state index in [1.165, 1.54) is 4.88 Å². The summed E-state index contributed by atoms with van der Waals surface area (Å²) in [6.07, 6.45) is 1.69. The zero-order valence-corrected chi connectivity index (χ0v) is 17.2. The van der Waals surface area contributed by atoms with Crippen LogP contribution in [0.2, 0.25) is 0 Å². The van der Waals surface area contributed by atoms with Crippen LogP contribution in [0.3, 0.4) is 0 Å². The third-order valence-corrected chi connectivity index (χ3v) is 4.65. The van der Waals surface area contributed by atoms with Gasteiger partial charge in [-0.1, -0.05) is 19.9 Å². The zero-order chi connectivity index (χ0) is 16.0. The minimum Gasteiger partial charge on any atom is -0.357 e. The molecule has 2 aromatic rings. The van der Waals surface area contributed by atoms with Crippen LogP contribution >= 0.6 is 35.3 Å². The highest BCUT2D eigenvalue weighted by atomic mass is 127. The smallest absolute Gasteiger partial charge is 0.191 e. The fraction of sp³-hybridized carbons (Fsp3) is 0.533. The van der Waals surface area contributed by atoms with Gasteiger partial charge in [-0.15, -0.1) is 45.5 Å². The molecule has 2 aromatic heterocycles. The second-order valence-electron chi connectivity index (χ2n) is 5.77. The molecule has 0 atom stereocenters. The second kappa shape index (κ2) is 9.21. The van der Waals surface area contributed by atoms with Gasteiger partial charge in [0.1, 0.15) is 12.9 Å². The minimum absolute atomic E-state index is 0. The number of hydrogen-bond acceptors (Lipinski definition) is 4. The van der Waals surface area contributed by atoms with Crippen molar-refractivity contribution < 1.29 is 0 Å². The molecule has 0 aliphatic heterocycles. The van der Waals surface area contributed by atoms with Crippen molar-refractivity contribution in [1.82, 2.24) is 25.4 Å². The molecule has 2 rings (SSSR count). The quantitative estimate of drug-likeness (QED) is 0.405. The summed E-state index contributed by atoms with van der Waals surface area (Å²) in [6, 6.07) is 4.27. The van der Waals surface area contributed by atoms with Gasteiger partial charge in [-0.3, -0.25) is 0 Å². The lowest BCUT2D eigenvalue weighted by Crippen LogP contribution is -2.43. The lowest BCUT2D eigenvalue weighted by molar-refractivity contribution is 0.518. The fourth-order valence-corrected chi connectivity index (χ4v) is 2.85. The van der Waals surface area contributed by atoms with E-state index in [0.717, 1.165) is 24.9 Å². The largest absolute Gasteiger partial charge is 0.357 e. The van der Waals surface area contributed by atoms with Crippen LogP contribution < -0.4 is 10.6 Å². The monoisotopic (exact) mass is 448 g/mol. The molecule has 23 heavy (non-hydrogen) atoms. The van der Waals surface area contributed by atoms with Crippen LogP contribution in [-0.4, -0.2) is 33.8 Å². The van der Waals surface area contributed by atoms with Gasteiger partial charge in [-0.2, -0.15) is 0 Å². The lowest BCUT2D eigenvalue weighted by Gasteiger charge is -2.25. The summed E-state index contributed by atoms with van der Waals surface area (Å²) in [5.41, 5.74) is 0.0646. The number of thiophene rings is 1. The Morgan fingerprint density at radius 3 is 2.74 bits per heavy atom. The van der Waals surface area contributed by atoms with E-state index in [-0.39, 0.29) is 29.4 Å². The number of halogens is 1. The van der Waals surface area contributed by atoms with Crippen LogP contribution in [0.25, 0.3) is 0 Å². The van der Waals surface area contributed by atoms with Crippen molar-refractivity contribution in [2.24, 2.45) is 12.0 Å². The molecular weight excluding hydrogens is 423 g/mol. The van der Waals surface area contributed by atoms with E-state index in [4.69, 9.17) is 0 Å². The molecule has 6 nitrogen and oxygen atoms in total. The molecule has 0 fully saturated rings. The van der Waals surface area contributed by atoms with Crippen LogP contribution in [0.5, 0.6) is 0 Å². The van der Waals surface area contributed by atoms with Crippen LogP contribution in [0.15, 0.2) is 28.8 Å². The number of guanidine groups is 1. The first-order chi connectivity index (χ1) is 10.5. The summed E-state index contributed by atoms with van der Waals surface area (Å²) in [4.78, 5) is 5.94. The van der Waals surface area contributed by atoms with E-state index in [2.05, 4.69) is 64.1 Å². The second-order valence-corrected chi connectivity index (χ2v) is 6.72. The van der Waals surface area contributed by atoms with Crippen molar-refractivity contribution in [2.45, 2.75) is 32.7 Å². The van der Waals surface area contributed by atoms with E-state index in [9.17, 15) is 0 Å². The van der Waals surface area contributed by atoms with Gasteiger partial charge in [0.25, 0.3) is 0 Å². The Bertz CT molecular complexity index is 605. The SMILES string of the molecule is CCNC(=NCc1nncn1C)NCC(C)(C)c1cccs1.I. The highest BCUT2D eigenvalue weighted by Gasteiger charge is 2.21. The predicted octanol–water partition coefficient (Wildman–Crippen LogP) is 2.53. The molecule has 8 heteroatoms. The molecule has 2 heterocycles. The Hall–Kier alpha value is -1.16. The van der Waals surface area contributed by atoms with Crippen molar-refractivity contribution in [1.29, 1.82) is 0 Å². The maximum absolute atomic E-state index is 4.58. The van der Waals surface area contributed by atoms with Gasteiger partial charge in [0.2, 0.25) is 0 Å². The molecule has 0 saturated carbocycles. The Morgan fingerprint density at radius 1 is 1.39 bits per heavy atom. The Labute approximate surface area is 158 Å². The Kier molecular flexibility index (Phi) is 7.97. The summed E-state index contributed by atoms with van der Waals surface area (Å²) in [7, 11) is 1.92. The van der Waals surface area contributed by atoms with E-state index < -0.39 is 0 Å². The Balaban J connectivity index is 0.00000264. The van der Waals surface area contributed by atoms with Gasteiger partial charge in [0.05, 0.1) is 0 Å². The van der Waals surface area contributed by atoms with E-state index in [1.807, 2.05) is 11.6 Å². The number of aliphatic imine (C=N–C) groups is 1. The van der Waals surface area contributed by atoms with Gasteiger partial charge < -0.3 is 15.2 Å². The summed E-state index contributed by atoms with van der Waals surface area (Å²) in [5.74, 6) is 1.64. The van der Waals surface area contributed by atoms with E-state index in [1.54, 1.807) is 17.7 Å². The van der Waals surface area contributed by atoms with Gasteiger partial charge in [0.15, 0.2) is 11.8 Å². The number of aromatic nitrogens is 3. The maximum atomic E-state index is 4.58. The summed E-state index contributed by atoms with van der Waals surface area (Å²) < 4.78 is 1.88. The van der Waals surface area contributed by atoms with Crippen molar-refractivity contribution in [3.63, 3.8) is 0 Å². The molecule has 0 aliphatic rings. The molecule has 0 radical (unpaired) electrons. The Morgan fingerprint density at radius 2 is 2.17 bits per heavy atom. The first-order valence-electron chi connectivity index (χ1n) is 7.42. The molecule has 0 saturated heterocycles. The topological polar surface area (TPSA) is 67.1 Å². The number of nitrogens with one attached hydrogen (secondary N) is 2. The standard InChI is InChI=1S/C15H24N6S.HI/c1-5-16-14(17-9-13-20-19-11-21(13)4)18-10-15(2,3)12-7-6-8-22-12;/h6-8,11H,5,9-10H2,1-4H3,(H2,16,17,18);1H. The summed E-state index contributed by atoms with van der Waals surface area (Å²) >= 11 is 1.79. The van der Waals surface area contributed by atoms with E-state index >= 15 is 0 Å². The molecule has 0 bridgehead atoms.